The van der Waals surface area contributed by atoms with E-state index in [1.54, 1.807) is 12.3 Å². The highest BCUT2D eigenvalue weighted by Crippen LogP contribution is 2.32. The number of hydrogen-bond acceptors (Lipinski definition) is 4. The summed E-state index contributed by atoms with van der Waals surface area (Å²) < 4.78 is 15.8. The number of amides is 1. The number of alkyl halides is 1. The van der Waals surface area contributed by atoms with E-state index in [1.807, 2.05) is 29.7 Å². The molecule has 0 aromatic carbocycles. The number of H-pyrrole nitrogens is 1. The van der Waals surface area contributed by atoms with Crippen molar-refractivity contribution in [1.82, 2.24) is 29.9 Å². The van der Waals surface area contributed by atoms with Crippen LogP contribution in [0.5, 0.6) is 0 Å². The van der Waals surface area contributed by atoms with Crippen LogP contribution >= 0.6 is 0 Å². The molecule has 2 atom stereocenters. The predicted octanol–water partition coefficient (Wildman–Crippen LogP) is 1.69. The SMILES string of the molecule is Cc1cc2ccc(C(=O)N3CC(F)CC3c3nn[nH]n3)cn2c1. The van der Waals surface area contributed by atoms with Gasteiger partial charge in [-0.15, -0.1) is 10.2 Å². The quantitative estimate of drug-likeness (QED) is 0.780. The molecule has 1 saturated heterocycles. The average Bonchev–Trinajstić information content (AvgIpc) is 3.23. The predicted molar refractivity (Wildman–Crippen MR) is 79.6 cm³/mol. The molecule has 0 radical (unpaired) electrons. The Balaban J connectivity index is 1.68. The van der Waals surface area contributed by atoms with Gasteiger partial charge in [0.25, 0.3) is 5.91 Å². The number of aryl methyl sites for hydroxylation is 1. The highest BCUT2D eigenvalue weighted by atomic mass is 19.1. The molecule has 23 heavy (non-hydrogen) atoms. The summed E-state index contributed by atoms with van der Waals surface area (Å²) in [5.41, 5.74) is 2.64. The van der Waals surface area contributed by atoms with Crippen molar-refractivity contribution < 1.29 is 9.18 Å². The number of aromatic nitrogens is 5. The number of nitrogens with zero attached hydrogens (tertiary/aromatic N) is 5. The Kier molecular flexibility index (Phi) is 3.10. The summed E-state index contributed by atoms with van der Waals surface area (Å²) >= 11 is 0. The maximum Gasteiger partial charge on any atom is 0.256 e. The minimum Gasteiger partial charge on any atom is -0.325 e. The number of carbonyl (C=O) groups excluding carboxylic acids is 1. The lowest BCUT2D eigenvalue weighted by atomic mass is 10.2. The van der Waals surface area contributed by atoms with Gasteiger partial charge in [-0.25, -0.2) is 4.39 Å². The summed E-state index contributed by atoms with van der Waals surface area (Å²) in [6.07, 6.45) is 2.82. The summed E-state index contributed by atoms with van der Waals surface area (Å²) in [5.74, 6) is 0.115. The number of rotatable bonds is 2. The van der Waals surface area contributed by atoms with Crippen molar-refractivity contribution >= 4 is 11.4 Å². The van der Waals surface area contributed by atoms with Gasteiger partial charge in [0.1, 0.15) is 6.17 Å². The fourth-order valence-corrected chi connectivity index (χ4v) is 3.11. The molecule has 0 bridgehead atoms. The van der Waals surface area contributed by atoms with Crippen LogP contribution in [0.4, 0.5) is 4.39 Å². The molecule has 0 spiro atoms. The molecule has 2 unspecified atom stereocenters. The number of halogens is 1. The molecule has 1 amide bonds. The molecule has 8 heteroatoms. The maximum absolute atomic E-state index is 13.9. The lowest BCUT2D eigenvalue weighted by Crippen LogP contribution is -2.32. The first-order valence-corrected chi connectivity index (χ1v) is 7.38. The van der Waals surface area contributed by atoms with Crippen molar-refractivity contribution in [2.75, 3.05) is 6.54 Å². The largest absolute Gasteiger partial charge is 0.325 e. The maximum atomic E-state index is 13.9. The standard InChI is InChI=1S/C15H15FN6O/c1-9-4-12-3-2-10(7-21(12)6-9)15(23)22-8-11(16)5-13(22)14-17-19-20-18-14/h2-4,6-7,11,13H,5,8H2,1H3,(H,17,18,19,20). The van der Waals surface area contributed by atoms with Gasteiger partial charge >= 0.3 is 0 Å². The third-order valence-corrected chi connectivity index (χ3v) is 4.15. The lowest BCUT2D eigenvalue weighted by Gasteiger charge is -2.21. The number of hydrogen-bond donors (Lipinski definition) is 1. The Bertz CT molecular complexity index is 858. The van der Waals surface area contributed by atoms with Gasteiger partial charge in [-0.2, -0.15) is 5.21 Å². The van der Waals surface area contributed by atoms with Gasteiger partial charge in [0.15, 0.2) is 5.82 Å². The third kappa shape index (κ3) is 2.36. The molecule has 1 fully saturated rings. The number of likely N-dealkylation sites (tertiary alicyclic amines) is 1. The van der Waals surface area contributed by atoms with Crippen molar-refractivity contribution in [3.8, 4) is 0 Å². The van der Waals surface area contributed by atoms with E-state index in [0.717, 1.165) is 11.1 Å². The minimum absolute atomic E-state index is 0.0424. The first-order chi connectivity index (χ1) is 11.1. The van der Waals surface area contributed by atoms with E-state index in [4.69, 9.17) is 0 Å². The van der Waals surface area contributed by atoms with Gasteiger partial charge in [-0.3, -0.25) is 4.79 Å². The van der Waals surface area contributed by atoms with Crippen LogP contribution in [-0.4, -0.2) is 48.5 Å². The van der Waals surface area contributed by atoms with E-state index >= 15 is 0 Å². The normalized spacial score (nSPS) is 21.2. The second-order valence-electron chi connectivity index (χ2n) is 5.84. The van der Waals surface area contributed by atoms with Crippen LogP contribution in [0.1, 0.15) is 34.2 Å². The van der Waals surface area contributed by atoms with Crippen LogP contribution in [-0.2, 0) is 0 Å². The van der Waals surface area contributed by atoms with Crippen LogP contribution < -0.4 is 0 Å². The third-order valence-electron chi connectivity index (χ3n) is 4.15. The molecule has 118 valence electrons. The summed E-state index contributed by atoms with van der Waals surface area (Å²) in [5, 5.41) is 13.7. The van der Waals surface area contributed by atoms with Crippen LogP contribution in [0, 0.1) is 6.92 Å². The second kappa shape index (κ2) is 5.15. The first-order valence-electron chi connectivity index (χ1n) is 7.38. The summed E-state index contributed by atoms with van der Waals surface area (Å²) in [6.45, 7) is 2.04. The number of aromatic amines is 1. The molecule has 3 aromatic heterocycles. The van der Waals surface area contributed by atoms with Gasteiger partial charge in [-0.1, -0.05) is 5.21 Å². The Morgan fingerprint density at radius 3 is 3.04 bits per heavy atom. The van der Waals surface area contributed by atoms with E-state index in [2.05, 4.69) is 20.6 Å². The number of tetrazole rings is 1. The molecule has 1 aliphatic heterocycles. The molecule has 7 nitrogen and oxygen atoms in total. The van der Waals surface area contributed by atoms with E-state index in [-0.39, 0.29) is 18.9 Å². The number of nitrogens with one attached hydrogen (secondary N) is 1. The Morgan fingerprint density at radius 1 is 1.39 bits per heavy atom. The summed E-state index contributed by atoms with van der Waals surface area (Å²) in [7, 11) is 0. The van der Waals surface area contributed by atoms with Crippen molar-refractivity contribution in [1.29, 1.82) is 0 Å². The average molecular weight is 314 g/mol. The first kappa shape index (κ1) is 13.9. The Hall–Kier alpha value is -2.77. The van der Waals surface area contributed by atoms with E-state index in [9.17, 15) is 9.18 Å². The molecular weight excluding hydrogens is 299 g/mol. The van der Waals surface area contributed by atoms with E-state index in [0.29, 0.717) is 11.4 Å². The van der Waals surface area contributed by atoms with Crippen molar-refractivity contribution in [2.45, 2.75) is 25.6 Å². The molecular formula is C15H15FN6O. The van der Waals surface area contributed by atoms with Gasteiger partial charge in [-0.05, 0) is 30.7 Å². The summed E-state index contributed by atoms with van der Waals surface area (Å²) in [6, 6.07) is 5.19. The zero-order valence-electron chi connectivity index (χ0n) is 12.5. The van der Waals surface area contributed by atoms with E-state index in [1.165, 1.54) is 4.90 Å². The van der Waals surface area contributed by atoms with Gasteiger partial charge in [0.05, 0.1) is 18.2 Å². The van der Waals surface area contributed by atoms with Crippen LogP contribution in [0.25, 0.3) is 5.52 Å². The molecule has 4 heterocycles. The van der Waals surface area contributed by atoms with Crippen LogP contribution in [0.2, 0.25) is 0 Å². The topological polar surface area (TPSA) is 79.2 Å². The van der Waals surface area contributed by atoms with Crippen molar-refractivity contribution in [3.63, 3.8) is 0 Å². The van der Waals surface area contributed by atoms with E-state index < -0.39 is 12.2 Å². The van der Waals surface area contributed by atoms with Crippen LogP contribution in [0.15, 0.2) is 30.6 Å². The fraction of sp³-hybridized carbons (Fsp3) is 0.333. The van der Waals surface area contributed by atoms with Gasteiger partial charge < -0.3 is 9.30 Å². The number of carbonyl (C=O) groups is 1. The summed E-state index contributed by atoms with van der Waals surface area (Å²) in [4.78, 5) is 14.3. The Labute approximate surface area is 131 Å². The smallest absolute Gasteiger partial charge is 0.256 e. The fourth-order valence-electron chi connectivity index (χ4n) is 3.11. The van der Waals surface area contributed by atoms with Gasteiger partial charge in [0.2, 0.25) is 0 Å². The zero-order valence-corrected chi connectivity index (χ0v) is 12.5. The number of pyridine rings is 1. The molecule has 1 N–H and O–H groups in total. The molecule has 0 aliphatic carbocycles. The molecule has 1 aliphatic rings. The minimum atomic E-state index is -1.08. The molecule has 0 saturated carbocycles. The van der Waals surface area contributed by atoms with Crippen LogP contribution in [0.3, 0.4) is 0 Å². The number of fused-ring (bicyclic) bond motifs is 1. The molecule has 4 rings (SSSR count). The highest BCUT2D eigenvalue weighted by molar-refractivity contribution is 5.94. The van der Waals surface area contributed by atoms with Gasteiger partial charge in [0, 0.05) is 24.3 Å². The highest BCUT2D eigenvalue weighted by Gasteiger charge is 2.39. The Morgan fingerprint density at radius 2 is 2.26 bits per heavy atom. The zero-order chi connectivity index (χ0) is 16.0. The van der Waals surface area contributed by atoms with Crippen molar-refractivity contribution in [2.24, 2.45) is 0 Å². The monoisotopic (exact) mass is 314 g/mol. The lowest BCUT2D eigenvalue weighted by molar-refractivity contribution is 0.0722. The second-order valence-corrected chi connectivity index (χ2v) is 5.84. The molecule has 3 aromatic rings. The van der Waals surface area contributed by atoms with Crippen molar-refractivity contribution in [3.05, 3.63) is 47.5 Å².